The Kier molecular flexibility index (Phi) is 5.72. The van der Waals surface area contributed by atoms with Crippen molar-refractivity contribution in [2.75, 3.05) is 6.61 Å². The van der Waals surface area contributed by atoms with Gasteiger partial charge in [-0.25, -0.2) is 0 Å². The van der Waals surface area contributed by atoms with Crippen LogP contribution in [0.1, 0.15) is 6.92 Å². The molecule has 0 aromatic rings. The van der Waals surface area contributed by atoms with Crippen LogP contribution in [0.4, 0.5) is 0 Å². The van der Waals surface area contributed by atoms with Crippen molar-refractivity contribution in [1.82, 2.24) is 0 Å². The number of nitrogens with zero attached hydrogens (tertiary/aromatic N) is 5. The first-order valence-corrected chi connectivity index (χ1v) is 4.32. The summed E-state index contributed by atoms with van der Waals surface area (Å²) in [7, 11) is 0. The summed E-state index contributed by atoms with van der Waals surface area (Å²) in [5.41, 5.74) is -1.39. The Morgan fingerprint density at radius 2 is 1.35 bits per heavy atom. The van der Waals surface area contributed by atoms with Gasteiger partial charge in [-0.2, -0.15) is 26.3 Å². The van der Waals surface area contributed by atoms with E-state index in [0.29, 0.717) is 0 Å². The second kappa shape index (κ2) is 7.08. The molecule has 6 heteroatoms. The van der Waals surface area contributed by atoms with Crippen LogP contribution in [-0.4, -0.2) is 6.61 Å². The highest BCUT2D eigenvalue weighted by atomic mass is 16.5. The van der Waals surface area contributed by atoms with Crippen molar-refractivity contribution >= 4 is 0 Å². The molecule has 17 heavy (non-hydrogen) atoms. The lowest BCUT2D eigenvalue weighted by Crippen LogP contribution is -1.98. The van der Waals surface area contributed by atoms with Gasteiger partial charge in [0.05, 0.1) is 6.61 Å². The van der Waals surface area contributed by atoms with Crippen LogP contribution in [-0.2, 0) is 4.74 Å². The van der Waals surface area contributed by atoms with Gasteiger partial charge < -0.3 is 4.74 Å². The first kappa shape index (κ1) is 13.7. The molecule has 0 aromatic carbocycles. The van der Waals surface area contributed by atoms with Gasteiger partial charge in [-0.3, -0.25) is 0 Å². The molecule has 0 saturated heterocycles. The zero-order valence-corrected chi connectivity index (χ0v) is 8.85. The Morgan fingerprint density at radius 1 is 0.824 bits per heavy atom. The summed E-state index contributed by atoms with van der Waals surface area (Å²) in [5.74, 6) is -0.380. The van der Waals surface area contributed by atoms with E-state index in [-0.39, 0.29) is 12.4 Å². The van der Waals surface area contributed by atoms with Crippen LogP contribution in [0.2, 0.25) is 0 Å². The average molecular weight is 223 g/mol. The van der Waals surface area contributed by atoms with Crippen molar-refractivity contribution in [3.05, 3.63) is 22.5 Å². The van der Waals surface area contributed by atoms with Crippen molar-refractivity contribution in [3.8, 4) is 30.3 Å². The van der Waals surface area contributed by atoms with E-state index in [1.165, 1.54) is 12.1 Å². The van der Waals surface area contributed by atoms with Crippen molar-refractivity contribution < 1.29 is 4.74 Å². The number of hydrogen-bond donors (Lipinski definition) is 0. The van der Waals surface area contributed by atoms with Crippen LogP contribution < -0.4 is 0 Å². The lowest BCUT2D eigenvalue weighted by Gasteiger charge is -2.02. The van der Waals surface area contributed by atoms with Crippen LogP contribution in [0, 0.1) is 56.7 Å². The van der Waals surface area contributed by atoms with Gasteiger partial charge in [0, 0.05) is 0 Å². The highest BCUT2D eigenvalue weighted by Gasteiger charge is 2.17. The molecule has 0 fully saturated rings. The monoisotopic (exact) mass is 223 g/mol. The van der Waals surface area contributed by atoms with Gasteiger partial charge in [0.2, 0.25) is 5.76 Å². The molecule has 80 valence electrons. The van der Waals surface area contributed by atoms with Crippen LogP contribution in [0.3, 0.4) is 0 Å². The highest BCUT2D eigenvalue weighted by molar-refractivity contribution is 5.62. The maximum absolute atomic E-state index is 8.85. The predicted octanol–water partition coefficient (Wildman–Crippen LogP) is 1.19. The fourth-order valence-corrected chi connectivity index (χ4v) is 0.898. The maximum Gasteiger partial charge on any atom is 0.216 e. The molecule has 0 atom stereocenters. The van der Waals surface area contributed by atoms with E-state index in [0.717, 1.165) is 0 Å². The molecule has 6 nitrogen and oxygen atoms in total. The second-order valence-corrected chi connectivity index (χ2v) is 2.45. The summed E-state index contributed by atoms with van der Waals surface area (Å²) in [6, 6.07) is 7.71. The SMILES string of the molecule is CCO/C(C#N)=C(\C#N)C(C#N)=C(C#N)C#N. The topological polar surface area (TPSA) is 128 Å². The first-order valence-electron chi connectivity index (χ1n) is 4.32. The van der Waals surface area contributed by atoms with Gasteiger partial charge in [0.25, 0.3) is 0 Å². The van der Waals surface area contributed by atoms with Crippen LogP contribution in [0.25, 0.3) is 0 Å². The standard InChI is InChI=1S/C11H5N5O/c1-2-17-11(7-16)10(6-15)9(5-14)8(3-12)4-13/h2H2,1H3/b11-10+. The minimum absolute atomic E-state index is 0.126. The Labute approximate surface area is 98.1 Å². The Morgan fingerprint density at radius 3 is 1.65 bits per heavy atom. The second-order valence-electron chi connectivity index (χ2n) is 2.45. The fraction of sp³-hybridized carbons (Fsp3) is 0.182. The third-order valence-electron chi connectivity index (χ3n) is 1.56. The molecule has 0 unspecified atom stereocenters. The molecule has 0 saturated carbocycles. The molecule has 0 amide bonds. The van der Waals surface area contributed by atoms with Gasteiger partial charge >= 0.3 is 0 Å². The van der Waals surface area contributed by atoms with Gasteiger partial charge in [-0.15, -0.1) is 0 Å². The smallest absolute Gasteiger partial charge is 0.216 e. The summed E-state index contributed by atoms with van der Waals surface area (Å²) in [6.07, 6.45) is 0. The average Bonchev–Trinajstić information content (AvgIpc) is 2.37. The van der Waals surface area contributed by atoms with Crippen molar-refractivity contribution in [3.63, 3.8) is 0 Å². The minimum Gasteiger partial charge on any atom is -0.483 e. The van der Waals surface area contributed by atoms with E-state index < -0.39 is 16.7 Å². The maximum atomic E-state index is 8.85. The first-order chi connectivity index (χ1) is 8.19. The molecule has 0 N–H and O–H groups in total. The highest BCUT2D eigenvalue weighted by Crippen LogP contribution is 2.18. The Bertz CT molecular complexity index is 562. The van der Waals surface area contributed by atoms with E-state index in [9.17, 15) is 0 Å². The molecule has 0 bridgehead atoms. The molecule has 0 aliphatic rings. The summed E-state index contributed by atoms with van der Waals surface area (Å²) >= 11 is 0. The zero-order chi connectivity index (χ0) is 13.3. The summed E-state index contributed by atoms with van der Waals surface area (Å²) < 4.78 is 4.86. The van der Waals surface area contributed by atoms with Crippen molar-refractivity contribution in [1.29, 1.82) is 26.3 Å². The molecule has 0 aromatic heterocycles. The number of nitriles is 5. The molecule has 0 rings (SSSR count). The van der Waals surface area contributed by atoms with Crippen LogP contribution in [0.15, 0.2) is 22.5 Å². The fourth-order valence-electron chi connectivity index (χ4n) is 0.898. The normalized spacial score (nSPS) is 9.18. The summed E-state index contributed by atoms with van der Waals surface area (Å²) in [4.78, 5) is 0. The lowest BCUT2D eigenvalue weighted by molar-refractivity contribution is 0.243. The third kappa shape index (κ3) is 3.10. The molecular formula is C11H5N5O. The van der Waals surface area contributed by atoms with Crippen LogP contribution >= 0.6 is 0 Å². The largest absolute Gasteiger partial charge is 0.483 e. The summed E-state index contributed by atoms with van der Waals surface area (Å²) in [6.45, 7) is 1.72. The predicted molar refractivity (Wildman–Crippen MR) is 53.7 cm³/mol. The Hall–Kier alpha value is -3.27. The van der Waals surface area contributed by atoms with Crippen LogP contribution in [0.5, 0.6) is 0 Å². The van der Waals surface area contributed by atoms with Gasteiger partial charge in [-0.05, 0) is 6.92 Å². The molecule has 0 aliphatic heterocycles. The molecule has 0 spiro atoms. The Balaban J connectivity index is 6.10. The number of ether oxygens (including phenoxy) is 1. The van der Waals surface area contributed by atoms with E-state index in [4.69, 9.17) is 31.0 Å². The van der Waals surface area contributed by atoms with Gasteiger partial charge in [0.15, 0.2) is 0 Å². The quantitative estimate of drug-likeness (QED) is 0.401. The van der Waals surface area contributed by atoms with E-state index in [1.54, 1.807) is 25.1 Å². The molecule has 0 heterocycles. The van der Waals surface area contributed by atoms with Crippen molar-refractivity contribution in [2.45, 2.75) is 6.92 Å². The third-order valence-corrected chi connectivity index (χ3v) is 1.56. The van der Waals surface area contributed by atoms with Crippen molar-refractivity contribution in [2.24, 2.45) is 0 Å². The molecular weight excluding hydrogens is 218 g/mol. The van der Waals surface area contributed by atoms with E-state index in [2.05, 4.69) is 0 Å². The molecule has 0 aliphatic carbocycles. The van der Waals surface area contributed by atoms with E-state index in [1.807, 2.05) is 0 Å². The molecule has 0 radical (unpaired) electrons. The zero-order valence-electron chi connectivity index (χ0n) is 8.85. The minimum atomic E-state index is -0.531. The number of allylic oxidation sites excluding steroid dienone is 4. The lowest BCUT2D eigenvalue weighted by atomic mass is 10.0. The van der Waals surface area contributed by atoms with E-state index >= 15 is 0 Å². The number of hydrogen-bond acceptors (Lipinski definition) is 6. The summed E-state index contributed by atoms with van der Waals surface area (Å²) in [5, 5.41) is 43.7. The number of rotatable bonds is 3. The van der Waals surface area contributed by atoms with Gasteiger partial charge in [0.1, 0.15) is 47.1 Å². The van der Waals surface area contributed by atoms with Gasteiger partial charge in [-0.1, -0.05) is 0 Å².